The molecule has 2 unspecified atom stereocenters. The molecule has 1 heterocycles. The smallest absolute Gasteiger partial charge is 0.222 e. The van der Waals surface area contributed by atoms with E-state index in [-0.39, 0.29) is 11.7 Å². The largest absolute Gasteiger partial charge is 0.344 e. The molecule has 1 saturated heterocycles. The van der Waals surface area contributed by atoms with E-state index in [9.17, 15) is 9.18 Å². The van der Waals surface area contributed by atoms with Crippen LogP contribution in [0.5, 0.6) is 0 Å². The lowest BCUT2D eigenvalue weighted by atomic mass is 9.98. The van der Waals surface area contributed by atoms with Gasteiger partial charge in [0.2, 0.25) is 5.91 Å². The minimum absolute atomic E-state index is 0.189. The highest BCUT2D eigenvalue weighted by atomic mass is 19.1. The van der Waals surface area contributed by atoms with E-state index in [1.807, 2.05) is 19.2 Å². The zero-order valence-corrected chi connectivity index (χ0v) is 11.8. The Balaban J connectivity index is 1.69. The molecule has 0 bridgehead atoms. The van der Waals surface area contributed by atoms with Crippen molar-refractivity contribution < 1.29 is 9.18 Å². The molecule has 3 nitrogen and oxygen atoms in total. The first-order valence-corrected chi connectivity index (χ1v) is 7.39. The molecule has 20 heavy (non-hydrogen) atoms. The first-order chi connectivity index (χ1) is 9.63. The number of benzene rings is 1. The molecule has 4 heteroatoms. The van der Waals surface area contributed by atoms with Crippen LogP contribution in [0.25, 0.3) is 0 Å². The molecule has 1 aromatic rings. The number of nitrogens with zero attached hydrogens (tertiary/aromatic N) is 1. The maximum absolute atomic E-state index is 13.1. The molecule has 1 aliphatic carbocycles. The number of rotatable bonds is 4. The summed E-state index contributed by atoms with van der Waals surface area (Å²) in [5.74, 6) is 0.697. The third kappa shape index (κ3) is 3.01. The van der Waals surface area contributed by atoms with Gasteiger partial charge in [0.25, 0.3) is 0 Å². The van der Waals surface area contributed by atoms with Crippen molar-refractivity contribution in [3.05, 3.63) is 35.6 Å². The number of carbonyl (C=O) groups excluding carboxylic acids is 1. The predicted molar refractivity (Wildman–Crippen MR) is 75.7 cm³/mol. The molecule has 1 N–H and O–H groups in total. The Morgan fingerprint density at radius 1 is 1.25 bits per heavy atom. The lowest BCUT2D eigenvalue weighted by Gasteiger charge is -2.33. The van der Waals surface area contributed by atoms with Gasteiger partial charge in [0.15, 0.2) is 0 Å². The minimum Gasteiger partial charge on any atom is -0.344 e. The van der Waals surface area contributed by atoms with Crippen molar-refractivity contribution in [2.75, 3.05) is 13.6 Å². The fourth-order valence-electron chi connectivity index (χ4n) is 3.01. The maximum atomic E-state index is 13.1. The summed E-state index contributed by atoms with van der Waals surface area (Å²) < 4.78 is 13.1. The first-order valence-electron chi connectivity index (χ1n) is 7.39. The van der Waals surface area contributed by atoms with Gasteiger partial charge < -0.3 is 10.2 Å². The summed E-state index contributed by atoms with van der Waals surface area (Å²) >= 11 is 0. The highest BCUT2D eigenvalue weighted by molar-refractivity contribution is 5.76. The van der Waals surface area contributed by atoms with Crippen LogP contribution < -0.4 is 5.32 Å². The molecule has 0 spiro atoms. The molecule has 2 atom stereocenters. The zero-order valence-electron chi connectivity index (χ0n) is 11.8. The van der Waals surface area contributed by atoms with Crippen LogP contribution in [0.2, 0.25) is 0 Å². The average molecular weight is 276 g/mol. The Morgan fingerprint density at radius 2 is 1.95 bits per heavy atom. The van der Waals surface area contributed by atoms with E-state index < -0.39 is 0 Å². The number of carbonyl (C=O) groups is 1. The molecule has 1 saturated carbocycles. The summed E-state index contributed by atoms with van der Waals surface area (Å²) in [6.45, 7) is 0.767. The van der Waals surface area contributed by atoms with Gasteiger partial charge in [-0.2, -0.15) is 0 Å². The highest BCUT2D eigenvalue weighted by Gasteiger charge is 2.35. The van der Waals surface area contributed by atoms with Crippen molar-refractivity contribution in [2.45, 2.75) is 37.8 Å². The number of nitrogens with one attached hydrogen (secondary N) is 1. The predicted octanol–water partition coefficient (Wildman–Crippen LogP) is 2.49. The Kier molecular flexibility index (Phi) is 3.74. The molecule has 2 aliphatic rings. The summed E-state index contributed by atoms with van der Waals surface area (Å²) in [5.41, 5.74) is 1.16. The lowest BCUT2D eigenvalue weighted by molar-refractivity contribution is -0.132. The number of likely N-dealkylation sites (tertiary alicyclic amines) is 1. The van der Waals surface area contributed by atoms with E-state index in [1.54, 1.807) is 4.90 Å². The molecule has 0 aromatic heterocycles. The van der Waals surface area contributed by atoms with Crippen molar-refractivity contribution in [3.63, 3.8) is 0 Å². The molecule has 1 aliphatic heterocycles. The van der Waals surface area contributed by atoms with Gasteiger partial charge in [-0.3, -0.25) is 4.79 Å². The van der Waals surface area contributed by atoms with Crippen LogP contribution in [0, 0.1) is 11.7 Å². The Morgan fingerprint density at radius 3 is 2.55 bits per heavy atom. The van der Waals surface area contributed by atoms with Crippen LogP contribution in [0.1, 0.15) is 37.3 Å². The van der Waals surface area contributed by atoms with Gasteiger partial charge in [-0.1, -0.05) is 12.1 Å². The standard InChI is InChI=1S/C16H21FN2O/c1-19-10-14(8-9-15(19)20)18-16(11-2-3-11)12-4-6-13(17)7-5-12/h4-7,11,14,16,18H,2-3,8-10H2,1H3. The second-order valence-corrected chi connectivity index (χ2v) is 6.04. The SMILES string of the molecule is CN1CC(NC(c2ccc(F)cc2)C2CC2)CCC1=O. The van der Waals surface area contributed by atoms with E-state index in [2.05, 4.69) is 5.32 Å². The zero-order chi connectivity index (χ0) is 14.1. The number of amides is 1. The van der Waals surface area contributed by atoms with Crippen LogP contribution in [0.3, 0.4) is 0 Å². The summed E-state index contributed by atoms with van der Waals surface area (Å²) in [6, 6.07) is 7.45. The van der Waals surface area contributed by atoms with Crippen LogP contribution in [-0.2, 0) is 4.79 Å². The number of hydrogen-bond acceptors (Lipinski definition) is 2. The van der Waals surface area contributed by atoms with Crippen molar-refractivity contribution in [1.82, 2.24) is 10.2 Å². The van der Waals surface area contributed by atoms with Gasteiger partial charge in [0.05, 0.1) is 0 Å². The minimum atomic E-state index is -0.189. The summed E-state index contributed by atoms with van der Waals surface area (Å²) in [4.78, 5) is 13.3. The normalized spacial score (nSPS) is 24.8. The third-order valence-corrected chi connectivity index (χ3v) is 4.36. The Hall–Kier alpha value is -1.42. The van der Waals surface area contributed by atoms with E-state index in [0.29, 0.717) is 24.4 Å². The number of halogens is 1. The van der Waals surface area contributed by atoms with Crippen molar-refractivity contribution >= 4 is 5.91 Å². The fourth-order valence-corrected chi connectivity index (χ4v) is 3.01. The lowest BCUT2D eigenvalue weighted by Crippen LogP contribution is -2.47. The molecule has 1 aromatic carbocycles. The fraction of sp³-hybridized carbons (Fsp3) is 0.562. The van der Waals surface area contributed by atoms with E-state index in [1.165, 1.54) is 25.0 Å². The second kappa shape index (κ2) is 5.52. The maximum Gasteiger partial charge on any atom is 0.222 e. The van der Waals surface area contributed by atoms with E-state index in [4.69, 9.17) is 0 Å². The van der Waals surface area contributed by atoms with Gasteiger partial charge in [0, 0.05) is 32.1 Å². The van der Waals surface area contributed by atoms with Crippen molar-refractivity contribution in [3.8, 4) is 0 Å². The Labute approximate surface area is 119 Å². The van der Waals surface area contributed by atoms with Gasteiger partial charge >= 0.3 is 0 Å². The van der Waals surface area contributed by atoms with Gasteiger partial charge in [-0.25, -0.2) is 4.39 Å². The van der Waals surface area contributed by atoms with Gasteiger partial charge in [0.1, 0.15) is 5.82 Å². The molecular weight excluding hydrogens is 255 g/mol. The molecule has 1 amide bonds. The van der Waals surface area contributed by atoms with Crippen LogP contribution in [-0.4, -0.2) is 30.4 Å². The average Bonchev–Trinajstić information content (AvgIpc) is 3.26. The quantitative estimate of drug-likeness (QED) is 0.916. The highest BCUT2D eigenvalue weighted by Crippen LogP contribution is 2.41. The summed E-state index contributed by atoms with van der Waals surface area (Å²) in [5, 5.41) is 3.69. The Bertz CT molecular complexity index is 484. The van der Waals surface area contributed by atoms with Crippen molar-refractivity contribution in [1.29, 1.82) is 0 Å². The molecule has 108 valence electrons. The van der Waals surface area contributed by atoms with Crippen molar-refractivity contribution in [2.24, 2.45) is 5.92 Å². The van der Waals surface area contributed by atoms with E-state index >= 15 is 0 Å². The topological polar surface area (TPSA) is 32.3 Å². The van der Waals surface area contributed by atoms with Crippen LogP contribution in [0.4, 0.5) is 4.39 Å². The number of piperidine rings is 1. The van der Waals surface area contributed by atoms with Gasteiger partial charge in [-0.05, 0) is 42.9 Å². The second-order valence-electron chi connectivity index (χ2n) is 6.04. The number of likely N-dealkylation sites (N-methyl/N-ethyl adjacent to an activating group) is 1. The third-order valence-electron chi connectivity index (χ3n) is 4.36. The van der Waals surface area contributed by atoms with E-state index in [0.717, 1.165) is 18.5 Å². The monoisotopic (exact) mass is 276 g/mol. The molecular formula is C16H21FN2O. The summed E-state index contributed by atoms with van der Waals surface area (Å²) in [6.07, 6.45) is 3.98. The molecule has 0 radical (unpaired) electrons. The molecule has 3 rings (SSSR count). The first kappa shape index (κ1) is 13.6. The molecule has 2 fully saturated rings. The summed E-state index contributed by atoms with van der Waals surface area (Å²) in [7, 11) is 1.86. The van der Waals surface area contributed by atoms with Crippen LogP contribution in [0.15, 0.2) is 24.3 Å². The number of hydrogen-bond donors (Lipinski definition) is 1. The van der Waals surface area contributed by atoms with Crippen LogP contribution >= 0.6 is 0 Å². The van der Waals surface area contributed by atoms with Gasteiger partial charge in [-0.15, -0.1) is 0 Å².